The van der Waals surface area contributed by atoms with Crippen LogP contribution in [0.2, 0.25) is 0 Å². The van der Waals surface area contributed by atoms with E-state index in [2.05, 4.69) is 20.9 Å². The lowest BCUT2D eigenvalue weighted by Crippen LogP contribution is -2.59. The summed E-state index contributed by atoms with van der Waals surface area (Å²) in [6.45, 7) is 3.68. The molecule has 2 aliphatic rings. The summed E-state index contributed by atoms with van der Waals surface area (Å²) in [7, 11) is 0. The lowest BCUT2D eigenvalue weighted by atomic mass is 9.98. The number of carbonyl (C=O) groups is 3. The van der Waals surface area contributed by atoms with Crippen molar-refractivity contribution in [2.24, 2.45) is 4.99 Å². The van der Waals surface area contributed by atoms with Gasteiger partial charge in [-0.2, -0.15) is 0 Å². The van der Waals surface area contributed by atoms with E-state index in [0.29, 0.717) is 5.33 Å². The van der Waals surface area contributed by atoms with Crippen molar-refractivity contribution in [1.82, 2.24) is 0 Å². The second-order valence-electron chi connectivity index (χ2n) is 5.26. The molecule has 0 spiro atoms. The molecule has 8 nitrogen and oxygen atoms in total. The van der Waals surface area contributed by atoms with Crippen LogP contribution >= 0.6 is 27.7 Å². The molecule has 5 atom stereocenters. The Labute approximate surface area is 151 Å². The van der Waals surface area contributed by atoms with Crippen LogP contribution in [0.15, 0.2) is 4.99 Å². The zero-order chi connectivity index (χ0) is 17.9. The fourth-order valence-corrected chi connectivity index (χ4v) is 4.12. The molecule has 1 fully saturated rings. The number of hydrogen-bond donors (Lipinski definition) is 0. The minimum absolute atomic E-state index is 0.113. The summed E-state index contributed by atoms with van der Waals surface area (Å²) in [5.74, 6) is -1.55. The molecule has 0 saturated carbocycles. The van der Waals surface area contributed by atoms with Crippen LogP contribution in [0.3, 0.4) is 0 Å². The largest absolute Gasteiger partial charge is 0.463 e. The van der Waals surface area contributed by atoms with E-state index in [-0.39, 0.29) is 6.61 Å². The number of alkyl halides is 1. The van der Waals surface area contributed by atoms with Gasteiger partial charge in [0.25, 0.3) is 0 Å². The molecule has 10 heteroatoms. The van der Waals surface area contributed by atoms with E-state index in [4.69, 9.17) is 18.9 Å². The summed E-state index contributed by atoms with van der Waals surface area (Å²) in [6, 6.07) is -0.496. The molecular weight excluding hydrogens is 406 g/mol. The molecule has 0 aromatic rings. The minimum Gasteiger partial charge on any atom is -0.463 e. The van der Waals surface area contributed by atoms with Gasteiger partial charge in [0.1, 0.15) is 24.2 Å². The van der Waals surface area contributed by atoms with Crippen LogP contribution < -0.4 is 0 Å². The number of thioether (sulfide) groups is 1. The fraction of sp³-hybridized carbons (Fsp3) is 0.714. The highest BCUT2D eigenvalue weighted by molar-refractivity contribution is 9.09. The Morgan fingerprint density at radius 1 is 1.12 bits per heavy atom. The first-order valence-electron chi connectivity index (χ1n) is 7.24. The number of hydrogen-bond acceptors (Lipinski definition) is 9. The highest BCUT2D eigenvalue weighted by atomic mass is 79.9. The van der Waals surface area contributed by atoms with E-state index >= 15 is 0 Å². The first-order chi connectivity index (χ1) is 11.3. The smallest absolute Gasteiger partial charge is 0.303 e. The summed E-state index contributed by atoms with van der Waals surface area (Å²) in [6.07, 6.45) is -2.47. The Kier molecular flexibility index (Phi) is 6.64. The third-order valence-electron chi connectivity index (χ3n) is 3.33. The van der Waals surface area contributed by atoms with Crippen molar-refractivity contribution in [2.75, 3.05) is 11.9 Å². The average molecular weight is 424 g/mol. The van der Waals surface area contributed by atoms with Crippen molar-refractivity contribution in [3.05, 3.63) is 0 Å². The van der Waals surface area contributed by atoms with E-state index in [1.807, 2.05) is 0 Å². The Hall–Kier alpha value is -1.13. The van der Waals surface area contributed by atoms with E-state index in [9.17, 15) is 14.4 Å². The first-order valence-corrected chi connectivity index (χ1v) is 9.24. The van der Waals surface area contributed by atoms with Gasteiger partial charge in [0.15, 0.2) is 12.2 Å². The Bertz CT molecular complexity index is 555. The van der Waals surface area contributed by atoms with Crippen molar-refractivity contribution >= 4 is 50.6 Å². The molecule has 0 amide bonds. The maximum Gasteiger partial charge on any atom is 0.303 e. The maximum atomic E-state index is 11.5. The van der Waals surface area contributed by atoms with Crippen molar-refractivity contribution in [3.8, 4) is 0 Å². The van der Waals surface area contributed by atoms with Crippen LogP contribution in [0.25, 0.3) is 0 Å². The van der Waals surface area contributed by atoms with E-state index < -0.39 is 47.7 Å². The number of aliphatic imine (C=N–C) groups is 1. The van der Waals surface area contributed by atoms with Gasteiger partial charge >= 0.3 is 17.9 Å². The molecule has 0 unspecified atom stereocenters. The molecule has 134 valence electrons. The Morgan fingerprint density at radius 3 is 2.29 bits per heavy atom. The monoisotopic (exact) mass is 423 g/mol. The van der Waals surface area contributed by atoms with Crippen LogP contribution in [-0.2, 0) is 33.3 Å². The molecule has 24 heavy (non-hydrogen) atoms. The van der Waals surface area contributed by atoms with E-state index in [1.54, 1.807) is 0 Å². The van der Waals surface area contributed by atoms with E-state index in [1.165, 1.54) is 32.5 Å². The highest BCUT2D eigenvalue weighted by Crippen LogP contribution is 2.39. The van der Waals surface area contributed by atoms with Gasteiger partial charge in [-0.15, -0.1) is 0 Å². The number of fused-ring (bicyclic) bond motifs is 1. The van der Waals surface area contributed by atoms with Gasteiger partial charge < -0.3 is 18.9 Å². The molecule has 0 bridgehead atoms. The highest BCUT2D eigenvalue weighted by Gasteiger charge is 2.52. The maximum absolute atomic E-state index is 11.5. The Morgan fingerprint density at radius 2 is 1.75 bits per heavy atom. The van der Waals surface area contributed by atoms with Crippen LogP contribution in [0.5, 0.6) is 0 Å². The molecule has 0 aromatic carbocycles. The first kappa shape index (κ1) is 19.2. The number of rotatable bonds is 5. The average Bonchev–Trinajstić information content (AvgIpc) is 2.89. The fourth-order valence-electron chi connectivity index (χ4n) is 2.52. The second kappa shape index (κ2) is 8.30. The number of nitrogens with zero attached hydrogens (tertiary/aromatic N) is 1. The molecule has 0 aromatic heterocycles. The number of ether oxygens (including phenoxy) is 4. The number of carbonyl (C=O) groups excluding carboxylic acids is 3. The molecule has 0 aliphatic carbocycles. The summed E-state index contributed by atoms with van der Waals surface area (Å²) < 4.78 is 21.6. The lowest BCUT2D eigenvalue weighted by molar-refractivity contribution is -0.208. The van der Waals surface area contributed by atoms with Gasteiger partial charge in [-0.25, -0.2) is 0 Å². The zero-order valence-corrected chi connectivity index (χ0v) is 15.8. The minimum atomic E-state index is -0.911. The lowest BCUT2D eigenvalue weighted by Gasteiger charge is -2.41. The quantitative estimate of drug-likeness (QED) is 0.367. The standard InChI is InChI=1S/C14H18BrNO7S/c1-6(17)20-5-9-12(21-7(2)18)13(22-8(3)19)11-14(23-9)24-10(4-15)16-11/h9,11-14H,4-5H2,1-3H3/t9-,11-,12-,13-,14-/m1/s1. The molecule has 2 heterocycles. The van der Waals surface area contributed by atoms with Crippen LogP contribution in [-0.4, -0.2) is 64.7 Å². The number of halogens is 1. The van der Waals surface area contributed by atoms with Crippen LogP contribution in [0.4, 0.5) is 0 Å². The molecule has 1 saturated heterocycles. The topological polar surface area (TPSA) is 100 Å². The van der Waals surface area contributed by atoms with Gasteiger partial charge in [0.2, 0.25) is 0 Å². The van der Waals surface area contributed by atoms with Gasteiger partial charge in [-0.3, -0.25) is 19.4 Å². The predicted octanol–water partition coefficient (Wildman–Crippen LogP) is 1.05. The predicted molar refractivity (Wildman–Crippen MR) is 89.0 cm³/mol. The van der Waals surface area contributed by atoms with E-state index in [0.717, 1.165) is 5.04 Å². The van der Waals surface area contributed by atoms with Crippen molar-refractivity contribution < 1.29 is 33.3 Å². The zero-order valence-electron chi connectivity index (χ0n) is 13.4. The summed E-state index contributed by atoms with van der Waals surface area (Å²) in [4.78, 5) is 38.5. The molecule has 0 N–H and O–H groups in total. The Balaban J connectivity index is 2.27. The van der Waals surface area contributed by atoms with Gasteiger partial charge in [0, 0.05) is 20.8 Å². The SMILES string of the molecule is CC(=O)OC[C@H]1O[C@@H]2SC(CBr)=N[C@@H]2[C@@H](OC(C)=O)[C@@H]1OC(C)=O. The molecular formula is C14H18BrNO7S. The third-order valence-corrected chi connectivity index (χ3v) is 5.38. The second-order valence-corrected chi connectivity index (χ2v) is 6.99. The molecule has 2 aliphatic heterocycles. The molecule has 2 rings (SSSR count). The third kappa shape index (κ3) is 4.70. The summed E-state index contributed by atoms with van der Waals surface area (Å²) >= 11 is 4.72. The van der Waals surface area contributed by atoms with Crippen molar-refractivity contribution in [1.29, 1.82) is 0 Å². The summed E-state index contributed by atoms with van der Waals surface area (Å²) in [5.41, 5.74) is -0.408. The number of esters is 3. The van der Waals surface area contributed by atoms with Gasteiger partial charge in [-0.05, 0) is 0 Å². The van der Waals surface area contributed by atoms with Crippen LogP contribution in [0, 0.1) is 0 Å². The van der Waals surface area contributed by atoms with Crippen molar-refractivity contribution in [3.63, 3.8) is 0 Å². The van der Waals surface area contributed by atoms with Crippen molar-refractivity contribution in [2.45, 2.75) is 50.6 Å². The van der Waals surface area contributed by atoms with Gasteiger partial charge in [0.05, 0.1) is 10.4 Å². The van der Waals surface area contributed by atoms with Crippen LogP contribution in [0.1, 0.15) is 20.8 Å². The molecule has 0 radical (unpaired) electrons. The summed E-state index contributed by atoms with van der Waals surface area (Å²) in [5, 5.41) is 1.32. The van der Waals surface area contributed by atoms with Gasteiger partial charge in [-0.1, -0.05) is 27.7 Å². The normalized spacial score (nSPS) is 31.7.